The average molecular weight is 237 g/mol. The topological polar surface area (TPSA) is 58.4 Å². The van der Waals surface area contributed by atoms with Crippen molar-refractivity contribution >= 4 is 5.91 Å². The van der Waals surface area contributed by atoms with Gasteiger partial charge in [-0.05, 0) is 32.8 Å². The quantitative estimate of drug-likeness (QED) is 0.855. The predicted octanol–water partition coefficient (Wildman–Crippen LogP) is 1.06. The van der Waals surface area contributed by atoms with Crippen molar-refractivity contribution in [2.24, 2.45) is 0 Å². The van der Waals surface area contributed by atoms with Crippen LogP contribution in [0.25, 0.3) is 0 Å². The first kappa shape index (κ1) is 12.1. The van der Waals surface area contributed by atoms with Crippen molar-refractivity contribution in [3.8, 4) is 0 Å². The SMILES string of the molecule is CC(C)n1nccc1C(=O)N1CCC[C@H]1CO. The Morgan fingerprint density at radius 3 is 3.06 bits per heavy atom. The molecule has 0 unspecified atom stereocenters. The smallest absolute Gasteiger partial charge is 0.272 e. The Hall–Kier alpha value is -1.36. The molecule has 1 atom stereocenters. The molecule has 1 aromatic rings. The fourth-order valence-corrected chi connectivity index (χ4v) is 2.34. The molecule has 1 fully saturated rings. The molecule has 0 spiro atoms. The maximum absolute atomic E-state index is 12.4. The van der Waals surface area contributed by atoms with Crippen LogP contribution in [-0.2, 0) is 0 Å². The second-order valence-electron chi connectivity index (χ2n) is 4.73. The average Bonchev–Trinajstić information content (AvgIpc) is 2.96. The van der Waals surface area contributed by atoms with E-state index in [1.165, 1.54) is 0 Å². The summed E-state index contributed by atoms with van der Waals surface area (Å²) in [5, 5.41) is 13.4. The lowest BCUT2D eigenvalue weighted by atomic mass is 10.2. The number of likely N-dealkylation sites (tertiary alicyclic amines) is 1. The molecular weight excluding hydrogens is 218 g/mol. The highest BCUT2D eigenvalue weighted by molar-refractivity contribution is 5.93. The number of aliphatic hydroxyl groups excluding tert-OH is 1. The predicted molar refractivity (Wildman–Crippen MR) is 63.8 cm³/mol. The molecule has 1 saturated heterocycles. The van der Waals surface area contributed by atoms with Gasteiger partial charge in [0.1, 0.15) is 5.69 Å². The fraction of sp³-hybridized carbons (Fsp3) is 0.667. The maximum atomic E-state index is 12.4. The van der Waals surface area contributed by atoms with E-state index >= 15 is 0 Å². The van der Waals surface area contributed by atoms with Crippen molar-refractivity contribution in [2.45, 2.75) is 38.8 Å². The van der Waals surface area contributed by atoms with Gasteiger partial charge in [-0.15, -0.1) is 0 Å². The van der Waals surface area contributed by atoms with E-state index in [1.807, 2.05) is 13.8 Å². The van der Waals surface area contributed by atoms with Gasteiger partial charge in [0.15, 0.2) is 0 Å². The Labute approximate surface area is 101 Å². The summed E-state index contributed by atoms with van der Waals surface area (Å²) < 4.78 is 1.73. The minimum atomic E-state index is -0.0296. The zero-order chi connectivity index (χ0) is 12.4. The van der Waals surface area contributed by atoms with Crippen molar-refractivity contribution in [1.82, 2.24) is 14.7 Å². The van der Waals surface area contributed by atoms with E-state index < -0.39 is 0 Å². The van der Waals surface area contributed by atoms with Gasteiger partial charge < -0.3 is 10.0 Å². The number of amides is 1. The van der Waals surface area contributed by atoms with Crippen LogP contribution in [0.4, 0.5) is 0 Å². The molecule has 2 heterocycles. The molecule has 0 aliphatic carbocycles. The lowest BCUT2D eigenvalue weighted by molar-refractivity contribution is 0.0663. The maximum Gasteiger partial charge on any atom is 0.272 e. The highest BCUT2D eigenvalue weighted by atomic mass is 16.3. The Morgan fingerprint density at radius 2 is 2.41 bits per heavy atom. The normalized spacial score (nSPS) is 20.2. The standard InChI is InChI=1S/C12H19N3O2/c1-9(2)15-11(5-6-13-15)12(17)14-7-3-4-10(14)8-16/h5-6,9-10,16H,3-4,7-8H2,1-2H3/t10-/m0/s1. The number of hydrogen-bond donors (Lipinski definition) is 1. The molecule has 17 heavy (non-hydrogen) atoms. The largest absolute Gasteiger partial charge is 0.394 e. The number of rotatable bonds is 3. The van der Waals surface area contributed by atoms with Gasteiger partial charge in [-0.3, -0.25) is 9.48 Å². The molecule has 0 aromatic carbocycles. The molecule has 0 radical (unpaired) electrons. The van der Waals surface area contributed by atoms with Crippen LogP contribution in [0.3, 0.4) is 0 Å². The minimum absolute atomic E-state index is 0.0206. The van der Waals surface area contributed by atoms with Gasteiger partial charge >= 0.3 is 0 Å². The Kier molecular flexibility index (Phi) is 3.47. The molecular formula is C12H19N3O2. The van der Waals surface area contributed by atoms with Crippen LogP contribution in [0.1, 0.15) is 43.2 Å². The second-order valence-corrected chi connectivity index (χ2v) is 4.73. The molecule has 0 bridgehead atoms. The summed E-state index contributed by atoms with van der Waals surface area (Å²) in [7, 11) is 0. The van der Waals surface area contributed by atoms with Gasteiger partial charge in [-0.25, -0.2) is 0 Å². The van der Waals surface area contributed by atoms with Crippen LogP contribution in [-0.4, -0.2) is 44.9 Å². The summed E-state index contributed by atoms with van der Waals surface area (Å²) in [6, 6.07) is 1.88. The van der Waals surface area contributed by atoms with Crippen LogP contribution in [0.2, 0.25) is 0 Å². The number of nitrogens with zero attached hydrogens (tertiary/aromatic N) is 3. The molecule has 1 N–H and O–H groups in total. The van der Waals surface area contributed by atoms with E-state index in [0.29, 0.717) is 5.69 Å². The third-order valence-corrected chi connectivity index (χ3v) is 3.23. The van der Waals surface area contributed by atoms with Crippen molar-refractivity contribution in [3.63, 3.8) is 0 Å². The molecule has 5 heteroatoms. The molecule has 1 aromatic heterocycles. The number of hydrogen-bond acceptors (Lipinski definition) is 3. The molecule has 2 rings (SSSR count). The lowest BCUT2D eigenvalue weighted by Crippen LogP contribution is -2.38. The Morgan fingerprint density at radius 1 is 1.65 bits per heavy atom. The van der Waals surface area contributed by atoms with Crippen LogP contribution in [0.5, 0.6) is 0 Å². The summed E-state index contributed by atoms with van der Waals surface area (Å²) in [6.45, 7) is 4.77. The first-order chi connectivity index (χ1) is 8.15. The first-order valence-electron chi connectivity index (χ1n) is 6.10. The van der Waals surface area contributed by atoms with E-state index in [4.69, 9.17) is 0 Å². The summed E-state index contributed by atoms with van der Waals surface area (Å²) in [4.78, 5) is 14.1. The number of carbonyl (C=O) groups is 1. The Balaban J connectivity index is 2.22. The fourth-order valence-electron chi connectivity index (χ4n) is 2.34. The van der Waals surface area contributed by atoms with Gasteiger partial charge in [0, 0.05) is 18.8 Å². The van der Waals surface area contributed by atoms with E-state index in [0.717, 1.165) is 19.4 Å². The van der Waals surface area contributed by atoms with Gasteiger partial charge in [0.25, 0.3) is 5.91 Å². The first-order valence-corrected chi connectivity index (χ1v) is 6.10. The number of carbonyl (C=O) groups excluding carboxylic acids is 1. The van der Waals surface area contributed by atoms with Crippen molar-refractivity contribution < 1.29 is 9.90 Å². The molecule has 5 nitrogen and oxygen atoms in total. The molecule has 1 amide bonds. The van der Waals surface area contributed by atoms with Crippen molar-refractivity contribution in [1.29, 1.82) is 0 Å². The summed E-state index contributed by atoms with van der Waals surface area (Å²) >= 11 is 0. The minimum Gasteiger partial charge on any atom is -0.394 e. The number of aromatic nitrogens is 2. The molecule has 1 aliphatic rings. The third-order valence-electron chi connectivity index (χ3n) is 3.23. The second kappa shape index (κ2) is 4.87. The number of aliphatic hydroxyl groups is 1. The highest BCUT2D eigenvalue weighted by Gasteiger charge is 2.30. The van der Waals surface area contributed by atoms with Crippen LogP contribution in [0, 0.1) is 0 Å². The highest BCUT2D eigenvalue weighted by Crippen LogP contribution is 2.20. The summed E-state index contributed by atoms with van der Waals surface area (Å²) in [5.41, 5.74) is 0.611. The molecule has 1 aliphatic heterocycles. The van der Waals surface area contributed by atoms with Crippen LogP contribution >= 0.6 is 0 Å². The van der Waals surface area contributed by atoms with Crippen LogP contribution in [0.15, 0.2) is 12.3 Å². The zero-order valence-corrected chi connectivity index (χ0v) is 10.3. The zero-order valence-electron chi connectivity index (χ0n) is 10.3. The van der Waals surface area contributed by atoms with Crippen molar-refractivity contribution in [2.75, 3.05) is 13.2 Å². The lowest BCUT2D eigenvalue weighted by Gasteiger charge is -2.23. The van der Waals surface area contributed by atoms with E-state index in [1.54, 1.807) is 21.8 Å². The van der Waals surface area contributed by atoms with Crippen LogP contribution < -0.4 is 0 Å². The Bertz CT molecular complexity index is 400. The van der Waals surface area contributed by atoms with Gasteiger partial charge in [0.05, 0.1) is 12.6 Å². The summed E-state index contributed by atoms with van der Waals surface area (Å²) in [5.74, 6) is -0.0206. The van der Waals surface area contributed by atoms with Gasteiger partial charge in [-0.2, -0.15) is 5.10 Å². The van der Waals surface area contributed by atoms with E-state index in [9.17, 15) is 9.90 Å². The summed E-state index contributed by atoms with van der Waals surface area (Å²) in [6.07, 6.45) is 3.50. The van der Waals surface area contributed by atoms with E-state index in [2.05, 4.69) is 5.10 Å². The van der Waals surface area contributed by atoms with E-state index in [-0.39, 0.29) is 24.6 Å². The monoisotopic (exact) mass is 237 g/mol. The van der Waals surface area contributed by atoms with Gasteiger partial charge in [-0.1, -0.05) is 0 Å². The molecule has 0 saturated carbocycles. The molecule has 94 valence electrons. The third kappa shape index (κ3) is 2.20. The van der Waals surface area contributed by atoms with Crippen molar-refractivity contribution in [3.05, 3.63) is 18.0 Å². The van der Waals surface area contributed by atoms with Gasteiger partial charge in [0.2, 0.25) is 0 Å².